The van der Waals surface area contributed by atoms with Gasteiger partial charge in [-0.25, -0.2) is 8.42 Å². The molecule has 0 bridgehead atoms. The van der Waals surface area contributed by atoms with Gasteiger partial charge in [0.2, 0.25) is 15.9 Å². The monoisotopic (exact) mass is 417 g/mol. The van der Waals surface area contributed by atoms with E-state index in [1.54, 1.807) is 0 Å². The largest absolute Gasteiger partial charge is 0.325 e. The highest BCUT2D eigenvalue weighted by Crippen LogP contribution is 2.26. The van der Waals surface area contributed by atoms with Crippen molar-refractivity contribution in [2.24, 2.45) is 0 Å². The zero-order valence-corrected chi connectivity index (χ0v) is 17.5. The van der Waals surface area contributed by atoms with Crippen molar-refractivity contribution in [3.63, 3.8) is 0 Å². The van der Waals surface area contributed by atoms with Crippen LogP contribution in [-0.4, -0.2) is 52.2 Å². The molecular weight excluding hydrogens is 390 g/mol. The van der Waals surface area contributed by atoms with Crippen LogP contribution < -0.4 is 5.32 Å². The Morgan fingerprint density at radius 1 is 1.10 bits per heavy atom. The number of rotatable bonds is 4. The first-order chi connectivity index (χ1) is 13.9. The quantitative estimate of drug-likeness (QED) is 0.824. The maximum atomic E-state index is 12.9. The second-order valence-corrected chi connectivity index (χ2v) is 9.79. The van der Waals surface area contributed by atoms with Crippen LogP contribution in [0.5, 0.6) is 0 Å². The lowest BCUT2D eigenvalue weighted by molar-refractivity contribution is -0.120. The van der Waals surface area contributed by atoms with Gasteiger partial charge >= 0.3 is 0 Å². The predicted molar refractivity (Wildman–Crippen MR) is 111 cm³/mol. The molecule has 29 heavy (non-hydrogen) atoms. The van der Waals surface area contributed by atoms with E-state index in [9.17, 15) is 13.2 Å². The average Bonchev–Trinajstić information content (AvgIpc) is 2.96. The van der Waals surface area contributed by atoms with Crippen LogP contribution in [0.25, 0.3) is 11.4 Å². The lowest BCUT2D eigenvalue weighted by atomic mass is 10.0. The Labute approximate surface area is 171 Å². The van der Waals surface area contributed by atoms with E-state index in [0.29, 0.717) is 18.7 Å². The van der Waals surface area contributed by atoms with Crippen molar-refractivity contribution in [1.29, 1.82) is 0 Å². The van der Waals surface area contributed by atoms with Crippen molar-refractivity contribution >= 4 is 21.6 Å². The molecule has 0 radical (unpaired) electrons. The van der Waals surface area contributed by atoms with Gasteiger partial charge in [-0.3, -0.25) is 4.79 Å². The molecule has 1 N–H and O–H groups in total. The lowest BCUT2D eigenvalue weighted by Gasteiger charge is -2.32. The van der Waals surface area contributed by atoms with Crippen molar-refractivity contribution in [1.82, 2.24) is 19.1 Å². The Hall–Kier alpha value is -2.26. The van der Waals surface area contributed by atoms with E-state index in [1.807, 2.05) is 24.3 Å². The number of hydrogen-bond donors (Lipinski definition) is 1. The Morgan fingerprint density at radius 2 is 1.93 bits per heavy atom. The van der Waals surface area contributed by atoms with Gasteiger partial charge in [0.1, 0.15) is 11.9 Å². The molecular formula is C20H27N5O3S. The minimum atomic E-state index is -3.42. The fourth-order valence-electron chi connectivity index (χ4n) is 4.22. The van der Waals surface area contributed by atoms with Crippen LogP contribution in [-0.2, 0) is 27.8 Å². The van der Waals surface area contributed by atoms with Crippen LogP contribution >= 0.6 is 0 Å². The summed E-state index contributed by atoms with van der Waals surface area (Å²) in [5, 5.41) is 11.6. The van der Waals surface area contributed by atoms with Gasteiger partial charge in [0, 0.05) is 30.8 Å². The number of nitrogens with one attached hydrogen (secondary N) is 1. The molecule has 1 unspecified atom stereocenters. The Balaban J connectivity index is 1.55. The summed E-state index contributed by atoms with van der Waals surface area (Å²) in [4.78, 5) is 12.9. The third kappa shape index (κ3) is 4.35. The zero-order valence-electron chi connectivity index (χ0n) is 16.7. The van der Waals surface area contributed by atoms with E-state index in [1.165, 1.54) is 10.7 Å². The van der Waals surface area contributed by atoms with Gasteiger partial charge in [0.15, 0.2) is 5.82 Å². The number of benzene rings is 1. The molecule has 1 aromatic heterocycles. The van der Waals surface area contributed by atoms with Crippen LogP contribution in [0.1, 0.15) is 44.3 Å². The molecule has 3 heterocycles. The molecule has 1 fully saturated rings. The molecule has 8 nitrogen and oxygen atoms in total. The number of amides is 1. The van der Waals surface area contributed by atoms with Gasteiger partial charge in [0.25, 0.3) is 0 Å². The van der Waals surface area contributed by atoms with Crippen LogP contribution in [0.2, 0.25) is 0 Å². The fourth-order valence-corrected chi connectivity index (χ4v) is 5.35. The minimum Gasteiger partial charge on any atom is -0.325 e. The number of piperidine rings is 1. The molecule has 156 valence electrons. The highest BCUT2D eigenvalue weighted by atomic mass is 32.2. The molecule has 0 spiro atoms. The van der Waals surface area contributed by atoms with Crippen LogP contribution in [0.15, 0.2) is 24.3 Å². The smallest absolute Gasteiger partial charge is 0.242 e. The van der Waals surface area contributed by atoms with E-state index in [0.717, 1.165) is 62.1 Å². The van der Waals surface area contributed by atoms with Crippen molar-refractivity contribution in [3.8, 4) is 11.4 Å². The number of carbonyl (C=O) groups is 1. The van der Waals surface area contributed by atoms with E-state index in [4.69, 9.17) is 0 Å². The lowest BCUT2D eigenvalue weighted by Crippen LogP contribution is -2.49. The first-order valence-electron chi connectivity index (χ1n) is 10.2. The Bertz CT molecular complexity index is 1000. The zero-order chi connectivity index (χ0) is 20.4. The number of sulfonamides is 1. The summed E-state index contributed by atoms with van der Waals surface area (Å²) in [6.45, 7) is 1.29. The third-order valence-electron chi connectivity index (χ3n) is 5.68. The maximum absolute atomic E-state index is 12.9. The van der Waals surface area contributed by atoms with Gasteiger partial charge < -0.3 is 9.88 Å². The molecule has 2 aliphatic rings. The number of aryl methyl sites for hydroxylation is 1. The van der Waals surface area contributed by atoms with E-state index < -0.39 is 16.1 Å². The Kier molecular flexibility index (Phi) is 5.69. The normalized spacial score (nSPS) is 20.7. The molecule has 0 aliphatic carbocycles. The molecule has 1 saturated heterocycles. The van der Waals surface area contributed by atoms with Crippen molar-refractivity contribution < 1.29 is 13.2 Å². The van der Waals surface area contributed by atoms with Crippen molar-refractivity contribution in [2.75, 3.05) is 18.1 Å². The SMILES string of the molecule is CS(=O)(=O)N1CCCCC1C(=O)Nc1cccc(-c2nnc3n2CCCCC3)c1. The molecule has 1 atom stereocenters. The minimum absolute atomic E-state index is 0.285. The second kappa shape index (κ2) is 8.23. The summed E-state index contributed by atoms with van der Waals surface area (Å²) in [5.41, 5.74) is 1.53. The molecule has 4 rings (SSSR count). The number of fused-ring (bicyclic) bond motifs is 1. The average molecular weight is 418 g/mol. The van der Waals surface area contributed by atoms with E-state index in [-0.39, 0.29) is 5.91 Å². The van der Waals surface area contributed by atoms with E-state index in [2.05, 4.69) is 20.1 Å². The summed E-state index contributed by atoms with van der Waals surface area (Å²) in [6.07, 6.45) is 7.69. The van der Waals surface area contributed by atoms with Crippen LogP contribution in [0, 0.1) is 0 Å². The van der Waals surface area contributed by atoms with Gasteiger partial charge in [-0.2, -0.15) is 4.31 Å². The molecule has 0 saturated carbocycles. The van der Waals surface area contributed by atoms with Crippen molar-refractivity contribution in [2.45, 2.75) is 57.5 Å². The number of aromatic nitrogens is 3. The van der Waals surface area contributed by atoms with Gasteiger partial charge in [-0.1, -0.05) is 25.0 Å². The molecule has 2 aliphatic heterocycles. The summed E-state index contributed by atoms with van der Waals surface area (Å²) in [7, 11) is -3.42. The fraction of sp³-hybridized carbons (Fsp3) is 0.550. The highest BCUT2D eigenvalue weighted by molar-refractivity contribution is 7.88. The van der Waals surface area contributed by atoms with Gasteiger partial charge in [0.05, 0.1) is 6.26 Å². The highest BCUT2D eigenvalue weighted by Gasteiger charge is 2.34. The molecule has 2 aromatic rings. The number of hydrogen-bond acceptors (Lipinski definition) is 5. The van der Waals surface area contributed by atoms with Crippen LogP contribution in [0.4, 0.5) is 5.69 Å². The number of anilines is 1. The predicted octanol–water partition coefficient (Wildman–Crippen LogP) is 2.42. The standard InChI is InChI=1S/C20H27N5O3S/c1-29(27,28)25-13-6-4-10-17(25)20(26)21-16-9-7-8-15(14-16)19-23-22-18-11-3-2-5-12-24(18)19/h7-9,14,17H,2-6,10-13H2,1H3,(H,21,26). The molecule has 9 heteroatoms. The summed E-state index contributed by atoms with van der Waals surface area (Å²) in [5.74, 6) is 1.54. The third-order valence-corrected chi connectivity index (χ3v) is 6.97. The Morgan fingerprint density at radius 3 is 2.76 bits per heavy atom. The van der Waals surface area contributed by atoms with Gasteiger partial charge in [-0.05, 0) is 37.8 Å². The van der Waals surface area contributed by atoms with Crippen molar-refractivity contribution in [3.05, 3.63) is 30.1 Å². The summed E-state index contributed by atoms with van der Waals surface area (Å²) in [6, 6.07) is 6.87. The molecule has 1 amide bonds. The summed E-state index contributed by atoms with van der Waals surface area (Å²) < 4.78 is 27.6. The van der Waals surface area contributed by atoms with Crippen LogP contribution in [0.3, 0.4) is 0 Å². The first-order valence-corrected chi connectivity index (χ1v) is 12.1. The molecule has 1 aromatic carbocycles. The van der Waals surface area contributed by atoms with E-state index >= 15 is 0 Å². The number of carbonyl (C=O) groups excluding carboxylic acids is 1. The van der Waals surface area contributed by atoms with Gasteiger partial charge in [-0.15, -0.1) is 10.2 Å². The summed E-state index contributed by atoms with van der Waals surface area (Å²) >= 11 is 0. The topological polar surface area (TPSA) is 97.2 Å². The first kappa shape index (κ1) is 20.0. The second-order valence-electron chi connectivity index (χ2n) is 7.86. The number of nitrogens with zero attached hydrogens (tertiary/aromatic N) is 4. The maximum Gasteiger partial charge on any atom is 0.242 e.